The van der Waals surface area contributed by atoms with E-state index in [2.05, 4.69) is 51.6 Å². The molecule has 0 amide bonds. The summed E-state index contributed by atoms with van der Waals surface area (Å²) in [6, 6.07) is 0.391. The van der Waals surface area contributed by atoms with Crippen molar-refractivity contribution in [2.24, 2.45) is 23.0 Å². The van der Waals surface area contributed by atoms with Gasteiger partial charge in [0.15, 0.2) is 0 Å². The minimum Gasteiger partial charge on any atom is -0.327 e. The van der Waals surface area contributed by atoms with Crippen LogP contribution in [0.15, 0.2) is 0 Å². The fraction of sp³-hybridized carbons (Fsp3) is 1.00. The molecular weight excluding hydrogens is 246 g/mol. The third-order valence-electron chi connectivity index (χ3n) is 5.60. The van der Waals surface area contributed by atoms with E-state index >= 15 is 0 Å². The molecule has 1 fully saturated rings. The highest BCUT2D eigenvalue weighted by Gasteiger charge is 2.41. The number of hydrogen-bond donors (Lipinski definition) is 1. The van der Waals surface area contributed by atoms with Crippen molar-refractivity contribution >= 4 is 0 Å². The van der Waals surface area contributed by atoms with E-state index in [1.54, 1.807) is 0 Å². The van der Waals surface area contributed by atoms with Crippen LogP contribution >= 0.6 is 0 Å². The highest BCUT2D eigenvalue weighted by atomic mass is 15.2. The number of rotatable bonds is 7. The standard InChI is InChI=1S/C17H37N3/c1-7-10-20(12-11-19(5)6)13-15-8-9-16(18)14(2)17(15,3)4/h14-16H,7-13,18H2,1-6H3. The molecule has 0 bridgehead atoms. The van der Waals surface area contributed by atoms with Crippen molar-refractivity contribution < 1.29 is 0 Å². The molecule has 1 saturated carbocycles. The average Bonchev–Trinajstić information content (AvgIpc) is 2.37. The Morgan fingerprint density at radius 2 is 1.75 bits per heavy atom. The van der Waals surface area contributed by atoms with Crippen LogP contribution in [-0.2, 0) is 0 Å². The van der Waals surface area contributed by atoms with Crippen LogP contribution in [0.2, 0.25) is 0 Å². The Bertz CT molecular complexity index is 275. The molecule has 1 aliphatic carbocycles. The Morgan fingerprint density at radius 3 is 2.30 bits per heavy atom. The minimum atomic E-state index is 0.363. The number of nitrogens with two attached hydrogens (primary N) is 1. The van der Waals surface area contributed by atoms with Crippen LogP contribution in [-0.4, -0.2) is 56.1 Å². The van der Waals surface area contributed by atoms with Crippen LogP contribution in [0.5, 0.6) is 0 Å². The summed E-state index contributed by atoms with van der Waals surface area (Å²) < 4.78 is 0. The Labute approximate surface area is 126 Å². The molecule has 0 radical (unpaired) electrons. The summed E-state index contributed by atoms with van der Waals surface area (Å²) >= 11 is 0. The zero-order valence-corrected chi connectivity index (χ0v) is 14.7. The summed E-state index contributed by atoms with van der Waals surface area (Å²) in [5.41, 5.74) is 6.65. The molecule has 0 heterocycles. The maximum Gasteiger partial charge on any atom is 0.0109 e. The average molecular weight is 284 g/mol. The highest BCUT2D eigenvalue weighted by Crippen LogP contribution is 2.44. The van der Waals surface area contributed by atoms with Gasteiger partial charge in [-0.15, -0.1) is 0 Å². The van der Waals surface area contributed by atoms with Crippen molar-refractivity contribution in [2.75, 3.05) is 40.3 Å². The Kier molecular flexibility index (Phi) is 6.96. The van der Waals surface area contributed by atoms with Crippen molar-refractivity contribution in [2.45, 2.75) is 53.0 Å². The minimum absolute atomic E-state index is 0.363. The molecule has 3 unspecified atom stereocenters. The molecule has 0 aromatic carbocycles. The van der Waals surface area contributed by atoms with E-state index in [1.165, 1.54) is 38.9 Å². The van der Waals surface area contributed by atoms with Crippen LogP contribution in [0.1, 0.15) is 47.0 Å². The SMILES string of the molecule is CCCN(CCN(C)C)CC1CCC(N)C(C)C1(C)C. The molecule has 0 spiro atoms. The van der Waals surface area contributed by atoms with Gasteiger partial charge in [0.1, 0.15) is 0 Å². The van der Waals surface area contributed by atoms with Gasteiger partial charge in [0.25, 0.3) is 0 Å². The van der Waals surface area contributed by atoms with Gasteiger partial charge in [0, 0.05) is 25.7 Å². The Hall–Kier alpha value is -0.120. The van der Waals surface area contributed by atoms with Crippen molar-refractivity contribution in [1.82, 2.24) is 9.80 Å². The highest BCUT2D eigenvalue weighted by molar-refractivity contribution is 4.94. The predicted molar refractivity (Wildman–Crippen MR) is 88.9 cm³/mol. The fourth-order valence-corrected chi connectivity index (χ4v) is 3.53. The zero-order valence-electron chi connectivity index (χ0n) is 14.7. The first-order chi connectivity index (χ1) is 9.28. The van der Waals surface area contributed by atoms with E-state index in [0.717, 1.165) is 12.5 Å². The number of nitrogens with zero attached hydrogens (tertiary/aromatic N) is 2. The molecule has 1 aliphatic rings. The van der Waals surface area contributed by atoms with Crippen LogP contribution in [0.3, 0.4) is 0 Å². The molecular formula is C17H37N3. The third-order valence-corrected chi connectivity index (χ3v) is 5.60. The summed E-state index contributed by atoms with van der Waals surface area (Å²) in [7, 11) is 4.32. The first kappa shape index (κ1) is 17.9. The lowest BCUT2D eigenvalue weighted by atomic mass is 9.61. The van der Waals surface area contributed by atoms with Gasteiger partial charge in [-0.25, -0.2) is 0 Å². The van der Waals surface area contributed by atoms with Crippen LogP contribution < -0.4 is 5.73 Å². The predicted octanol–water partition coefficient (Wildman–Crippen LogP) is 2.66. The fourth-order valence-electron chi connectivity index (χ4n) is 3.53. The van der Waals surface area contributed by atoms with E-state index in [-0.39, 0.29) is 0 Å². The van der Waals surface area contributed by atoms with E-state index in [4.69, 9.17) is 5.73 Å². The smallest absolute Gasteiger partial charge is 0.0109 e. The second-order valence-corrected chi connectivity index (χ2v) is 7.65. The van der Waals surface area contributed by atoms with E-state index in [9.17, 15) is 0 Å². The molecule has 3 atom stereocenters. The largest absolute Gasteiger partial charge is 0.327 e. The first-order valence-electron chi connectivity index (χ1n) is 8.41. The van der Waals surface area contributed by atoms with Crippen molar-refractivity contribution in [3.05, 3.63) is 0 Å². The Morgan fingerprint density at radius 1 is 1.10 bits per heavy atom. The van der Waals surface area contributed by atoms with Gasteiger partial charge in [0.05, 0.1) is 0 Å². The van der Waals surface area contributed by atoms with E-state index in [0.29, 0.717) is 17.4 Å². The van der Waals surface area contributed by atoms with E-state index < -0.39 is 0 Å². The quantitative estimate of drug-likeness (QED) is 0.779. The monoisotopic (exact) mass is 283 g/mol. The molecule has 0 aromatic heterocycles. The molecule has 0 aliphatic heterocycles. The van der Waals surface area contributed by atoms with Gasteiger partial charge < -0.3 is 15.5 Å². The lowest BCUT2D eigenvalue weighted by molar-refractivity contribution is 0.0275. The topological polar surface area (TPSA) is 32.5 Å². The van der Waals surface area contributed by atoms with Crippen LogP contribution in [0.25, 0.3) is 0 Å². The maximum absolute atomic E-state index is 6.28. The molecule has 3 heteroatoms. The second kappa shape index (κ2) is 7.77. The Balaban J connectivity index is 2.62. The third kappa shape index (κ3) is 4.71. The summed E-state index contributed by atoms with van der Waals surface area (Å²) in [6.07, 6.45) is 3.74. The van der Waals surface area contributed by atoms with Gasteiger partial charge in [-0.05, 0) is 57.2 Å². The second-order valence-electron chi connectivity index (χ2n) is 7.65. The molecule has 0 aromatic rings. The zero-order chi connectivity index (χ0) is 15.3. The lowest BCUT2D eigenvalue weighted by Gasteiger charge is -2.48. The van der Waals surface area contributed by atoms with Crippen LogP contribution in [0.4, 0.5) is 0 Å². The van der Waals surface area contributed by atoms with Gasteiger partial charge in [-0.2, -0.15) is 0 Å². The number of hydrogen-bond acceptors (Lipinski definition) is 3. The van der Waals surface area contributed by atoms with Gasteiger partial charge in [-0.1, -0.05) is 27.7 Å². The van der Waals surface area contributed by atoms with Gasteiger partial charge in [-0.3, -0.25) is 0 Å². The first-order valence-corrected chi connectivity index (χ1v) is 8.41. The van der Waals surface area contributed by atoms with Crippen molar-refractivity contribution in [3.63, 3.8) is 0 Å². The van der Waals surface area contributed by atoms with Crippen LogP contribution in [0, 0.1) is 17.3 Å². The number of likely N-dealkylation sites (N-methyl/N-ethyl adjacent to an activating group) is 1. The summed E-state index contributed by atoms with van der Waals surface area (Å²) in [6.45, 7) is 14.3. The molecule has 3 nitrogen and oxygen atoms in total. The summed E-state index contributed by atoms with van der Waals surface area (Å²) in [4.78, 5) is 4.95. The lowest BCUT2D eigenvalue weighted by Crippen LogP contribution is -2.50. The van der Waals surface area contributed by atoms with Crippen molar-refractivity contribution in [1.29, 1.82) is 0 Å². The normalized spacial score (nSPS) is 30.1. The van der Waals surface area contributed by atoms with Gasteiger partial charge in [0.2, 0.25) is 0 Å². The van der Waals surface area contributed by atoms with E-state index in [1.807, 2.05) is 0 Å². The van der Waals surface area contributed by atoms with Crippen molar-refractivity contribution in [3.8, 4) is 0 Å². The molecule has 0 saturated heterocycles. The molecule has 20 heavy (non-hydrogen) atoms. The molecule has 120 valence electrons. The van der Waals surface area contributed by atoms with Gasteiger partial charge >= 0.3 is 0 Å². The molecule has 2 N–H and O–H groups in total. The molecule has 1 rings (SSSR count). The maximum atomic E-state index is 6.28. The summed E-state index contributed by atoms with van der Waals surface area (Å²) in [5, 5.41) is 0. The summed E-state index contributed by atoms with van der Waals surface area (Å²) in [5.74, 6) is 1.41.